The summed E-state index contributed by atoms with van der Waals surface area (Å²) in [6.07, 6.45) is 3.23. The van der Waals surface area contributed by atoms with Gasteiger partial charge in [0.15, 0.2) is 12.3 Å². The van der Waals surface area contributed by atoms with E-state index in [4.69, 9.17) is 9.26 Å². The predicted molar refractivity (Wildman–Crippen MR) is 94.8 cm³/mol. The minimum atomic E-state index is -0.462. The first-order chi connectivity index (χ1) is 13.2. The van der Waals surface area contributed by atoms with Crippen molar-refractivity contribution >= 4 is 11.6 Å². The fourth-order valence-corrected chi connectivity index (χ4v) is 2.55. The molecule has 1 amide bonds. The zero-order valence-corrected chi connectivity index (χ0v) is 14.4. The van der Waals surface area contributed by atoms with Gasteiger partial charge in [0.2, 0.25) is 11.7 Å². The summed E-state index contributed by atoms with van der Waals surface area (Å²) < 4.78 is 12.3. The Bertz CT molecular complexity index is 1060. The monoisotopic (exact) mass is 364 g/mol. The van der Waals surface area contributed by atoms with Crippen LogP contribution in [-0.4, -0.2) is 37.3 Å². The molecule has 0 spiro atoms. The van der Waals surface area contributed by atoms with Crippen LogP contribution in [0, 0.1) is 0 Å². The van der Waals surface area contributed by atoms with Gasteiger partial charge in [0, 0.05) is 6.20 Å². The molecule has 1 N–H and O–H groups in total. The lowest BCUT2D eigenvalue weighted by molar-refractivity contribution is -0.123. The number of amides is 1. The highest BCUT2D eigenvalue weighted by molar-refractivity contribution is 5.78. The van der Waals surface area contributed by atoms with E-state index in [0.29, 0.717) is 28.7 Å². The number of carbonyl (C=O) groups is 1. The molecule has 4 aromatic rings. The Labute approximate surface area is 154 Å². The van der Waals surface area contributed by atoms with Crippen LogP contribution in [0.4, 0.5) is 0 Å². The molecule has 3 heterocycles. The third-order valence-electron chi connectivity index (χ3n) is 3.85. The molecule has 27 heavy (non-hydrogen) atoms. The number of carbonyl (C=O) groups excluding carboxylic acids is 1. The maximum atomic E-state index is 12.1. The van der Waals surface area contributed by atoms with Crippen molar-refractivity contribution in [3.8, 4) is 17.1 Å². The molecule has 3 aromatic heterocycles. The van der Waals surface area contributed by atoms with E-state index >= 15 is 0 Å². The molecule has 0 aliphatic heterocycles. The van der Waals surface area contributed by atoms with Gasteiger partial charge in [-0.1, -0.05) is 23.4 Å². The molecule has 1 aromatic carbocycles. The Balaban J connectivity index is 1.42. The van der Waals surface area contributed by atoms with Gasteiger partial charge in [0.25, 0.3) is 5.91 Å². The van der Waals surface area contributed by atoms with E-state index in [2.05, 4.69) is 25.5 Å². The first-order valence-corrected chi connectivity index (χ1v) is 8.30. The fourth-order valence-electron chi connectivity index (χ4n) is 2.55. The Morgan fingerprint density at radius 2 is 2.11 bits per heavy atom. The summed E-state index contributed by atoms with van der Waals surface area (Å²) >= 11 is 0. The molecule has 9 nitrogen and oxygen atoms in total. The van der Waals surface area contributed by atoms with Crippen LogP contribution in [0.2, 0.25) is 0 Å². The van der Waals surface area contributed by atoms with Crippen molar-refractivity contribution < 1.29 is 14.1 Å². The number of rotatable bonds is 6. The quantitative estimate of drug-likeness (QED) is 0.558. The normalized spacial score (nSPS) is 12.0. The minimum absolute atomic E-state index is 0.103. The van der Waals surface area contributed by atoms with Crippen molar-refractivity contribution in [3.05, 3.63) is 60.9 Å². The lowest BCUT2D eigenvalue weighted by Crippen LogP contribution is -2.31. The van der Waals surface area contributed by atoms with Crippen LogP contribution in [0.15, 0.2) is 59.5 Å². The summed E-state index contributed by atoms with van der Waals surface area (Å²) in [5.41, 5.74) is 1.31. The summed E-state index contributed by atoms with van der Waals surface area (Å²) in [6.45, 7) is 1.66. The molecule has 0 fully saturated rings. The second kappa shape index (κ2) is 7.24. The molecule has 0 aliphatic rings. The van der Waals surface area contributed by atoms with Crippen molar-refractivity contribution in [2.75, 3.05) is 6.61 Å². The van der Waals surface area contributed by atoms with Crippen LogP contribution in [-0.2, 0) is 4.79 Å². The number of benzene rings is 1. The number of fused-ring (bicyclic) bond motifs is 1. The number of para-hydroxylation sites is 1. The Morgan fingerprint density at radius 3 is 2.96 bits per heavy atom. The van der Waals surface area contributed by atoms with Crippen molar-refractivity contribution in [2.24, 2.45) is 0 Å². The zero-order valence-electron chi connectivity index (χ0n) is 14.4. The predicted octanol–water partition coefficient (Wildman–Crippen LogP) is 2.04. The van der Waals surface area contributed by atoms with Crippen molar-refractivity contribution in [1.82, 2.24) is 30.1 Å². The second-order valence-electron chi connectivity index (χ2n) is 5.80. The molecule has 9 heteroatoms. The molecule has 0 saturated heterocycles. The van der Waals surface area contributed by atoms with Gasteiger partial charge in [-0.05, 0) is 31.2 Å². The molecular formula is C18H16N6O3. The first kappa shape index (κ1) is 16.7. The minimum Gasteiger partial charge on any atom is -0.484 e. The van der Waals surface area contributed by atoms with Gasteiger partial charge < -0.3 is 14.6 Å². The van der Waals surface area contributed by atoms with E-state index in [1.165, 1.54) is 6.33 Å². The Hall–Kier alpha value is -3.75. The lowest BCUT2D eigenvalue weighted by atomic mass is 10.2. The maximum absolute atomic E-state index is 12.1. The summed E-state index contributed by atoms with van der Waals surface area (Å²) in [5, 5.41) is 10.8. The number of nitrogens with one attached hydrogen (secondary N) is 1. The van der Waals surface area contributed by atoms with Crippen LogP contribution in [0.5, 0.6) is 5.75 Å². The smallest absolute Gasteiger partial charge is 0.258 e. The second-order valence-corrected chi connectivity index (χ2v) is 5.80. The molecule has 1 atom stereocenters. The molecule has 0 radical (unpaired) electrons. The largest absolute Gasteiger partial charge is 0.484 e. The molecular weight excluding hydrogens is 348 g/mol. The fraction of sp³-hybridized carbons (Fsp3) is 0.167. The van der Waals surface area contributed by atoms with E-state index in [0.717, 1.165) is 0 Å². The van der Waals surface area contributed by atoms with E-state index < -0.39 is 6.04 Å². The van der Waals surface area contributed by atoms with Gasteiger partial charge >= 0.3 is 0 Å². The van der Waals surface area contributed by atoms with Crippen molar-refractivity contribution in [3.63, 3.8) is 0 Å². The number of aromatic nitrogens is 5. The van der Waals surface area contributed by atoms with Crippen molar-refractivity contribution in [1.29, 1.82) is 0 Å². The van der Waals surface area contributed by atoms with Gasteiger partial charge in [0.1, 0.15) is 18.1 Å². The van der Waals surface area contributed by atoms with Gasteiger partial charge in [-0.2, -0.15) is 10.1 Å². The van der Waals surface area contributed by atoms with Gasteiger partial charge in [0.05, 0.1) is 5.56 Å². The van der Waals surface area contributed by atoms with Crippen LogP contribution in [0.25, 0.3) is 17.0 Å². The lowest BCUT2D eigenvalue weighted by Gasteiger charge is -2.10. The summed E-state index contributed by atoms with van der Waals surface area (Å²) in [7, 11) is 0. The standard InChI is InChI=1S/C18H16N6O3/c1-12(21-15(25)10-26-13-6-3-2-4-7-13)18-22-16(23-27-18)14-8-5-9-24-17(14)19-11-20-24/h2-9,11-12H,10H2,1H3,(H,21,25). The van der Waals surface area contributed by atoms with Gasteiger partial charge in [-0.15, -0.1) is 0 Å². The molecule has 0 bridgehead atoms. The zero-order chi connectivity index (χ0) is 18.6. The average Bonchev–Trinajstić information content (AvgIpc) is 3.36. The van der Waals surface area contributed by atoms with Gasteiger partial charge in [-0.3, -0.25) is 4.79 Å². The highest BCUT2D eigenvalue weighted by atomic mass is 16.5. The van der Waals surface area contributed by atoms with Crippen molar-refractivity contribution in [2.45, 2.75) is 13.0 Å². The van der Waals surface area contributed by atoms with Gasteiger partial charge in [-0.25, -0.2) is 9.50 Å². The Kier molecular flexibility index (Phi) is 4.48. The van der Waals surface area contributed by atoms with Crippen LogP contribution < -0.4 is 10.1 Å². The highest BCUT2D eigenvalue weighted by Gasteiger charge is 2.19. The summed E-state index contributed by atoms with van der Waals surface area (Å²) in [4.78, 5) is 20.6. The molecule has 136 valence electrons. The topological polar surface area (TPSA) is 107 Å². The van der Waals surface area contributed by atoms with E-state index in [1.54, 1.807) is 29.8 Å². The highest BCUT2D eigenvalue weighted by Crippen LogP contribution is 2.21. The molecule has 0 saturated carbocycles. The SMILES string of the molecule is CC(NC(=O)COc1ccccc1)c1nc(-c2cccn3ncnc23)no1. The number of hydrogen-bond acceptors (Lipinski definition) is 7. The van der Waals surface area contributed by atoms with Crippen LogP contribution in [0.3, 0.4) is 0 Å². The Morgan fingerprint density at radius 1 is 1.26 bits per heavy atom. The summed E-state index contributed by atoms with van der Waals surface area (Å²) in [6, 6.07) is 12.3. The number of nitrogens with zero attached hydrogens (tertiary/aromatic N) is 5. The number of pyridine rings is 1. The maximum Gasteiger partial charge on any atom is 0.258 e. The average molecular weight is 364 g/mol. The van der Waals surface area contributed by atoms with E-state index in [-0.39, 0.29) is 12.5 Å². The third kappa shape index (κ3) is 3.61. The molecule has 1 unspecified atom stereocenters. The third-order valence-corrected chi connectivity index (χ3v) is 3.85. The molecule has 0 aliphatic carbocycles. The van der Waals surface area contributed by atoms with E-state index in [9.17, 15) is 4.79 Å². The van der Waals surface area contributed by atoms with Crippen LogP contribution in [0.1, 0.15) is 18.9 Å². The summed E-state index contributed by atoms with van der Waals surface area (Å²) in [5.74, 6) is 1.01. The number of hydrogen-bond donors (Lipinski definition) is 1. The van der Waals surface area contributed by atoms with Crippen LogP contribution >= 0.6 is 0 Å². The first-order valence-electron chi connectivity index (χ1n) is 8.30. The molecule has 4 rings (SSSR count). The number of ether oxygens (including phenoxy) is 1. The van der Waals surface area contributed by atoms with E-state index in [1.807, 2.05) is 30.3 Å².